The van der Waals surface area contributed by atoms with E-state index < -0.39 is 0 Å². The Morgan fingerprint density at radius 1 is 1.13 bits per heavy atom. The molecule has 4 rings (SSSR count). The summed E-state index contributed by atoms with van der Waals surface area (Å²) in [5.74, 6) is -0.217. The zero-order valence-electron chi connectivity index (χ0n) is 16.8. The minimum Gasteiger partial charge on any atom is -0.348 e. The lowest BCUT2D eigenvalue weighted by Crippen LogP contribution is -2.46. The molecule has 1 N–H and O–H groups in total. The Balaban J connectivity index is 1.42. The number of halogens is 1. The van der Waals surface area contributed by atoms with Gasteiger partial charge in [0.1, 0.15) is 10.0 Å². The molecule has 0 saturated carbocycles. The van der Waals surface area contributed by atoms with Gasteiger partial charge in [-0.2, -0.15) is 5.10 Å². The van der Waals surface area contributed by atoms with Crippen LogP contribution in [0.5, 0.6) is 0 Å². The summed E-state index contributed by atoms with van der Waals surface area (Å²) in [7, 11) is 0. The minimum absolute atomic E-state index is 0.0339. The van der Waals surface area contributed by atoms with Crippen molar-refractivity contribution in [2.45, 2.75) is 32.7 Å². The number of carbonyl (C=O) groups is 2. The topological polar surface area (TPSA) is 80.1 Å². The number of para-hydroxylation sites is 1. The number of benzene rings is 1. The summed E-state index contributed by atoms with van der Waals surface area (Å²) in [5, 5.41) is 7.84. The van der Waals surface area contributed by atoms with Crippen molar-refractivity contribution in [3.63, 3.8) is 0 Å². The lowest BCUT2D eigenvalue weighted by molar-refractivity contribution is 0.0698. The van der Waals surface area contributed by atoms with Gasteiger partial charge < -0.3 is 10.2 Å². The van der Waals surface area contributed by atoms with Crippen molar-refractivity contribution in [3.05, 3.63) is 62.8 Å². The Hall–Kier alpha value is -2.71. The van der Waals surface area contributed by atoms with Gasteiger partial charge in [-0.3, -0.25) is 9.59 Å². The fraction of sp³-hybridized carbons (Fsp3) is 0.333. The van der Waals surface area contributed by atoms with Gasteiger partial charge in [-0.1, -0.05) is 29.8 Å². The highest BCUT2D eigenvalue weighted by atomic mass is 35.5. The first-order valence-corrected chi connectivity index (χ1v) is 11.0. The van der Waals surface area contributed by atoms with E-state index >= 15 is 0 Å². The quantitative estimate of drug-likeness (QED) is 0.667. The predicted molar refractivity (Wildman–Crippen MR) is 117 cm³/mol. The number of thiazole rings is 1. The molecular formula is C21H22ClN5O2S. The van der Waals surface area contributed by atoms with Gasteiger partial charge in [0, 0.05) is 19.1 Å². The molecule has 0 unspecified atom stereocenters. The molecule has 1 aliphatic rings. The van der Waals surface area contributed by atoms with E-state index in [0.29, 0.717) is 47.2 Å². The molecule has 3 heterocycles. The summed E-state index contributed by atoms with van der Waals surface area (Å²) in [6.07, 6.45) is 1.39. The molecule has 0 radical (unpaired) electrons. The van der Waals surface area contributed by atoms with Gasteiger partial charge in [0.25, 0.3) is 11.8 Å². The Bertz CT molecular complexity index is 1070. The number of piperidine rings is 1. The molecule has 9 heteroatoms. The number of hydrogen-bond acceptors (Lipinski definition) is 5. The van der Waals surface area contributed by atoms with Crippen LogP contribution in [-0.4, -0.2) is 50.6 Å². The van der Waals surface area contributed by atoms with Crippen LogP contribution in [0.3, 0.4) is 0 Å². The van der Waals surface area contributed by atoms with Gasteiger partial charge in [-0.15, -0.1) is 11.3 Å². The molecule has 1 saturated heterocycles. The fourth-order valence-electron chi connectivity index (χ4n) is 3.64. The monoisotopic (exact) mass is 443 g/mol. The molecule has 30 heavy (non-hydrogen) atoms. The second kappa shape index (κ2) is 8.57. The van der Waals surface area contributed by atoms with Gasteiger partial charge >= 0.3 is 0 Å². The van der Waals surface area contributed by atoms with Gasteiger partial charge in [-0.25, -0.2) is 9.67 Å². The Morgan fingerprint density at radius 2 is 1.83 bits per heavy atom. The molecule has 1 aromatic carbocycles. The number of nitrogens with zero attached hydrogens (tertiary/aromatic N) is 4. The van der Waals surface area contributed by atoms with E-state index in [1.54, 1.807) is 22.0 Å². The summed E-state index contributed by atoms with van der Waals surface area (Å²) in [5.41, 5.74) is 4.26. The molecule has 2 aromatic heterocycles. The third-order valence-corrected chi connectivity index (χ3v) is 6.56. The number of rotatable bonds is 4. The number of nitrogens with one attached hydrogen (secondary N) is 1. The summed E-state index contributed by atoms with van der Waals surface area (Å²) < 4.78 is 1.59. The number of aromatic nitrogens is 3. The van der Waals surface area contributed by atoms with Crippen molar-refractivity contribution in [3.8, 4) is 5.69 Å². The van der Waals surface area contributed by atoms with Crippen LogP contribution in [0.25, 0.3) is 5.69 Å². The van der Waals surface area contributed by atoms with Crippen molar-refractivity contribution < 1.29 is 9.59 Å². The van der Waals surface area contributed by atoms with E-state index in [1.165, 1.54) is 11.3 Å². The van der Waals surface area contributed by atoms with E-state index in [1.807, 2.05) is 37.3 Å². The summed E-state index contributed by atoms with van der Waals surface area (Å²) >= 11 is 7.88. The molecule has 0 spiro atoms. The number of amides is 2. The third-order valence-electron chi connectivity index (χ3n) is 5.29. The number of aryl methyl sites for hydroxylation is 2. The van der Waals surface area contributed by atoms with E-state index in [0.717, 1.165) is 11.4 Å². The van der Waals surface area contributed by atoms with Crippen molar-refractivity contribution >= 4 is 34.8 Å². The number of likely N-dealkylation sites (tertiary alicyclic amines) is 1. The van der Waals surface area contributed by atoms with E-state index in [9.17, 15) is 9.59 Å². The van der Waals surface area contributed by atoms with Crippen molar-refractivity contribution in [2.24, 2.45) is 0 Å². The van der Waals surface area contributed by atoms with Crippen molar-refractivity contribution in [2.75, 3.05) is 13.1 Å². The van der Waals surface area contributed by atoms with Crippen LogP contribution in [0, 0.1) is 13.8 Å². The molecule has 2 amide bonds. The maximum Gasteiger partial charge on any atom is 0.263 e. The summed E-state index contributed by atoms with van der Waals surface area (Å²) in [6, 6.07) is 9.54. The number of carbonyl (C=O) groups excluding carboxylic acids is 2. The molecule has 7 nitrogen and oxygen atoms in total. The lowest BCUT2D eigenvalue weighted by Gasteiger charge is -2.32. The lowest BCUT2D eigenvalue weighted by atomic mass is 10.0. The average Bonchev–Trinajstić information content (AvgIpc) is 3.31. The molecule has 0 aliphatic carbocycles. The molecule has 156 valence electrons. The van der Waals surface area contributed by atoms with Crippen LogP contribution in [0.2, 0.25) is 5.15 Å². The molecule has 1 fully saturated rings. The first-order valence-electron chi connectivity index (χ1n) is 9.76. The van der Waals surface area contributed by atoms with Gasteiger partial charge in [0.05, 0.1) is 28.1 Å². The van der Waals surface area contributed by atoms with Gasteiger partial charge in [0.15, 0.2) is 0 Å². The second-order valence-corrected chi connectivity index (χ2v) is 8.52. The smallest absolute Gasteiger partial charge is 0.263 e. The largest absolute Gasteiger partial charge is 0.348 e. The Kier molecular flexibility index (Phi) is 5.87. The molecule has 3 aromatic rings. The zero-order chi connectivity index (χ0) is 21.3. The van der Waals surface area contributed by atoms with E-state index in [-0.39, 0.29) is 17.9 Å². The van der Waals surface area contributed by atoms with Gasteiger partial charge in [-0.05, 0) is 38.8 Å². The normalized spacial score (nSPS) is 14.7. The maximum absolute atomic E-state index is 13.1. The highest BCUT2D eigenvalue weighted by molar-refractivity contribution is 7.11. The molecular weight excluding hydrogens is 422 g/mol. The first-order chi connectivity index (χ1) is 14.5. The van der Waals surface area contributed by atoms with Crippen molar-refractivity contribution in [1.29, 1.82) is 0 Å². The minimum atomic E-state index is -0.122. The maximum atomic E-state index is 13.1. The molecule has 0 atom stereocenters. The van der Waals surface area contributed by atoms with Crippen LogP contribution in [0.4, 0.5) is 0 Å². The SMILES string of the molecule is Cc1ncsc1C(=O)NC1CCN(C(=O)c2c(C)nn(-c3ccccc3)c2Cl)CC1. The van der Waals surface area contributed by atoms with Gasteiger partial charge in [0.2, 0.25) is 0 Å². The van der Waals surface area contributed by atoms with E-state index in [4.69, 9.17) is 11.6 Å². The van der Waals surface area contributed by atoms with E-state index in [2.05, 4.69) is 15.4 Å². The number of hydrogen-bond donors (Lipinski definition) is 1. The third kappa shape index (κ3) is 3.97. The molecule has 1 aliphatic heterocycles. The Morgan fingerprint density at radius 3 is 2.47 bits per heavy atom. The highest BCUT2D eigenvalue weighted by Gasteiger charge is 2.29. The standard InChI is InChI=1S/C21H22ClN5O2S/c1-13-17(19(22)27(25-13)16-6-4-3-5-7-16)21(29)26-10-8-15(9-11-26)24-20(28)18-14(2)23-12-30-18/h3-7,12,15H,8-11H2,1-2H3,(H,24,28). The van der Waals surface area contributed by atoms with Crippen LogP contribution in [-0.2, 0) is 0 Å². The first kappa shape index (κ1) is 20.6. The van der Waals surface area contributed by atoms with Crippen LogP contribution in [0.15, 0.2) is 35.8 Å². The highest BCUT2D eigenvalue weighted by Crippen LogP contribution is 2.26. The summed E-state index contributed by atoms with van der Waals surface area (Å²) in [6.45, 7) is 4.73. The fourth-order valence-corrected chi connectivity index (χ4v) is 4.70. The predicted octanol–water partition coefficient (Wildman–Crippen LogP) is 3.63. The zero-order valence-corrected chi connectivity index (χ0v) is 18.3. The second-order valence-electron chi connectivity index (χ2n) is 7.31. The molecule has 0 bridgehead atoms. The van der Waals surface area contributed by atoms with Crippen LogP contribution >= 0.6 is 22.9 Å². The van der Waals surface area contributed by atoms with Crippen molar-refractivity contribution in [1.82, 2.24) is 25.0 Å². The average molecular weight is 444 g/mol. The summed E-state index contributed by atoms with van der Waals surface area (Å²) in [4.78, 5) is 32.1. The van der Waals surface area contributed by atoms with Crippen LogP contribution < -0.4 is 5.32 Å². The van der Waals surface area contributed by atoms with Crippen LogP contribution in [0.1, 0.15) is 44.3 Å². The Labute approximate surface area is 183 Å².